The van der Waals surface area contributed by atoms with Gasteiger partial charge in [0.25, 0.3) is 0 Å². The summed E-state index contributed by atoms with van der Waals surface area (Å²) in [6.07, 6.45) is 10.8. The maximum absolute atomic E-state index is 5.71. The van der Waals surface area contributed by atoms with E-state index < -0.39 is 0 Å². The molecule has 6 atom stereocenters. The highest BCUT2D eigenvalue weighted by molar-refractivity contribution is 5.40. The molecule has 0 N–H and O–H groups in total. The SMILES string of the molecule is CCC(Cc1ccc(C(C)(C)c2ccc(CC3CCC4OC4C3)cc2)cc1)CC1OC1C. The summed E-state index contributed by atoms with van der Waals surface area (Å²) in [5, 5.41) is 0. The van der Waals surface area contributed by atoms with Gasteiger partial charge in [-0.05, 0) is 79.5 Å². The first-order chi connectivity index (χ1) is 15.4. The summed E-state index contributed by atoms with van der Waals surface area (Å²) in [6.45, 7) is 9.20. The van der Waals surface area contributed by atoms with E-state index in [4.69, 9.17) is 9.47 Å². The van der Waals surface area contributed by atoms with Crippen molar-refractivity contribution in [1.82, 2.24) is 0 Å². The molecule has 0 amide bonds. The number of hydrogen-bond donors (Lipinski definition) is 0. The summed E-state index contributed by atoms with van der Waals surface area (Å²) < 4.78 is 11.4. The Labute approximate surface area is 194 Å². The van der Waals surface area contributed by atoms with E-state index in [9.17, 15) is 0 Å². The fourth-order valence-corrected chi connectivity index (χ4v) is 5.82. The molecule has 2 heteroatoms. The smallest absolute Gasteiger partial charge is 0.0844 e. The molecule has 2 aromatic rings. The summed E-state index contributed by atoms with van der Waals surface area (Å²) in [6, 6.07) is 18.8. The van der Waals surface area contributed by atoms with Gasteiger partial charge in [0.05, 0.1) is 24.4 Å². The Morgan fingerprint density at radius 3 is 2.06 bits per heavy atom. The minimum atomic E-state index is 0.0123. The number of ether oxygens (including phenoxy) is 2. The zero-order chi connectivity index (χ0) is 22.3. The normalized spacial score (nSPS) is 29.9. The Kier molecular flexibility index (Phi) is 6.20. The monoisotopic (exact) mass is 432 g/mol. The van der Waals surface area contributed by atoms with Crippen molar-refractivity contribution in [2.45, 2.75) is 102 Å². The fourth-order valence-electron chi connectivity index (χ4n) is 5.82. The second kappa shape index (κ2) is 8.95. The van der Waals surface area contributed by atoms with Crippen LogP contribution in [-0.4, -0.2) is 24.4 Å². The highest BCUT2D eigenvalue weighted by Gasteiger charge is 2.43. The van der Waals surface area contributed by atoms with Gasteiger partial charge in [-0.25, -0.2) is 0 Å². The molecule has 3 fully saturated rings. The maximum Gasteiger partial charge on any atom is 0.0844 e. The van der Waals surface area contributed by atoms with E-state index in [-0.39, 0.29) is 5.41 Å². The van der Waals surface area contributed by atoms with Gasteiger partial charge in [-0.1, -0.05) is 75.7 Å². The van der Waals surface area contributed by atoms with Crippen molar-refractivity contribution in [1.29, 1.82) is 0 Å². The largest absolute Gasteiger partial charge is 0.370 e. The summed E-state index contributed by atoms with van der Waals surface area (Å²) in [5.74, 6) is 1.52. The molecular formula is C30H40O2. The molecule has 1 aliphatic carbocycles. The van der Waals surface area contributed by atoms with Crippen LogP contribution in [0.5, 0.6) is 0 Å². The number of rotatable bonds is 9. The number of hydrogen-bond acceptors (Lipinski definition) is 2. The molecule has 1 saturated carbocycles. The zero-order valence-electron chi connectivity index (χ0n) is 20.3. The van der Waals surface area contributed by atoms with Crippen molar-refractivity contribution in [3.63, 3.8) is 0 Å². The minimum Gasteiger partial charge on any atom is -0.370 e. The third kappa shape index (κ3) is 4.97. The van der Waals surface area contributed by atoms with E-state index in [1.54, 1.807) is 0 Å². The van der Waals surface area contributed by atoms with Crippen LogP contribution in [-0.2, 0) is 27.7 Å². The summed E-state index contributed by atoms with van der Waals surface area (Å²) in [7, 11) is 0. The lowest BCUT2D eigenvalue weighted by Crippen LogP contribution is -2.19. The Morgan fingerprint density at radius 1 is 0.875 bits per heavy atom. The quantitative estimate of drug-likeness (QED) is 0.404. The van der Waals surface area contributed by atoms with Crippen molar-refractivity contribution < 1.29 is 9.47 Å². The van der Waals surface area contributed by atoms with Gasteiger partial charge >= 0.3 is 0 Å². The molecule has 0 aromatic heterocycles. The summed E-state index contributed by atoms with van der Waals surface area (Å²) >= 11 is 0. The molecular weight excluding hydrogens is 392 g/mol. The first kappa shape index (κ1) is 22.2. The lowest BCUT2D eigenvalue weighted by atomic mass is 9.77. The lowest BCUT2D eigenvalue weighted by Gasteiger charge is -2.27. The van der Waals surface area contributed by atoms with E-state index in [1.807, 2.05) is 0 Å². The van der Waals surface area contributed by atoms with E-state index in [0.717, 1.165) is 18.3 Å². The van der Waals surface area contributed by atoms with Gasteiger partial charge in [0.1, 0.15) is 0 Å². The van der Waals surface area contributed by atoms with Crippen molar-refractivity contribution in [2.75, 3.05) is 0 Å². The predicted molar refractivity (Wildman–Crippen MR) is 131 cm³/mol. The van der Waals surface area contributed by atoms with Crippen molar-refractivity contribution in [3.05, 3.63) is 70.8 Å². The van der Waals surface area contributed by atoms with Crippen molar-refractivity contribution in [3.8, 4) is 0 Å². The third-order valence-corrected chi connectivity index (χ3v) is 8.49. The van der Waals surface area contributed by atoms with Crippen LogP contribution in [0.25, 0.3) is 0 Å². The Morgan fingerprint density at radius 2 is 1.50 bits per heavy atom. The average Bonchev–Trinajstić information content (AvgIpc) is 3.71. The molecule has 2 saturated heterocycles. The molecule has 32 heavy (non-hydrogen) atoms. The summed E-state index contributed by atoms with van der Waals surface area (Å²) in [5.41, 5.74) is 5.73. The standard InChI is InChI=1S/C30H40O2/c1-5-21(18-28-20(2)31-28)16-22-6-11-25(12-7-22)30(3,4)26-13-8-23(9-14-26)17-24-10-15-27-29(19-24)32-27/h6-9,11-14,20-21,24,27-29H,5,10,15-19H2,1-4H3. The Bertz CT molecular complexity index is 897. The third-order valence-electron chi connectivity index (χ3n) is 8.49. The van der Waals surface area contributed by atoms with Crippen LogP contribution in [0, 0.1) is 11.8 Å². The van der Waals surface area contributed by atoms with Crippen LogP contribution in [0.3, 0.4) is 0 Å². The van der Waals surface area contributed by atoms with Crippen LogP contribution >= 0.6 is 0 Å². The van der Waals surface area contributed by atoms with Gasteiger partial charge in [0, 0.05) is 5.41 Å². The molecule has 2 nitrogen and oxygen atoms in total. The number of benzene rings is 2. The first-order valence-electron chi connectivity index (χ1n) is 12.9. The molecule has 172 valence electrons. The van der Waals surface area contributed by atoms with Gasteiger partial charge in [0.15, 0.2) is 0 Å². The van der Waals surface area contributed by atoms with Gasteiger partial charge in [-0.3, -0.25) is 0 Å². The second-order valence-corrected chi connectivity index (χ2v) is 11.2. The molecule has 0 spiro atoms. The molecule has 0 radical (unpaired) electrons. The highest BCUT2D eigenvalue weighted by atomic mass is 16.6. The van der Waals surface area contributed by atoms with Gasteiger partial charge in [-0.2, -0.15) is 0 Å². The van der Waals surface area contributed by atoms with Gasteiger partial charge in [-0.15, -0.1) is 0 Å². The molecule has 2 aliphatic heterocycles. The summed E-state index contributed by atoms with van der Waals surface area (Å²) in [4.78, 5) is 0. The van der Waals surface area contributed by atoms with E-state index in [1.165, 1.54) is 60.8 Å². The first-order valence-corrected chi connectivity index (χ1v) is 12.9. The second-order valence-electron chi connectivity index (χ2n) is 11.2. The Balaban J connectivity index is 1.20. The number of fused-ring (bicyclic) bond motifs is 1. The molecule has 5 rings (SSSR count). The van der Waals surface area contributed by atoms with Crippen molar-refractivity contribution >= 4 is 0 Å². The lowest BCUT2D eigenvalue weighted by molar-refractivity contribution is 0.333. The van der Waals surface area contributed by atoms with E-state index >= 15 is 0 Å². The van der Waals surface area contributed by atoms with E-state index in [0.29, 0.717) is 24.4 Å². The molecule has 2 aromatic carbocycles. The maximum atomic E-state index is 5.71. The van der Waals surface area contributed by atoms with Crippen LogP contribution < -0.4 is 0 Å². The van der Waals surface area contributed by atoms with Crippen LogP contribution in [0.1, 0.15) is 82.1 Å². The fraction of sp³-hybridized carbons (Fsp3) is 0.600. The molecule has 3 aliphatic rings. The minimum absolute atomic E-state index is 0.0123. The Hall–Kier alpha value is -1.64. The molecule has 6 unspecified atom stereocenters. The average molecular weight is 433 g/mol. The van der Waals surface area contributed by atoms with Gasteiger partial charge in [0.2, 0.25) is 0 Å². The van der Waals surface area contributed by atoms with Crippen LogP contribution in [0.2, 0.25) is 0 Å². The predicted octanol–water partition coefficient (Wildman–Crippen LogP) is 6.87. The topological polar surface area (TPSA) is 25.1 Å². The molecule has 0 bridgehead atoms. The highest BCUT2D eigenvalue weighted by Crippen LogP contribution is 2.41. The zero-order valence-corrected chi connectivity index (χ0v) is 20.3. The van der Waals surface area contributed by atoms with Crippen LogP contribution in [0.15, 0.2) is 48.5 Å². The van der Waals surface area contributed by atoms with Crippen LogP contribution in [0.4, 0.5) is 0 Å². The van der Waals surface area contributed by atoms with E-state index in [2.05, 4.69) is 76.2 Å². The number of epoxide rings is 2. The van der Waals surface area contributed by atoms with Crippen molar-refractivity contribution in [2.24, 2.45) is 11.8 Å². The molecule has 2 heterocycles. The van der Waals surface area contributed by atoms with Gasteiger partial charge < -0.3 is 9.47 Å².